The van der Waals surface area contributed by atoms with Gasteiger partial charge < -0.3 is 10.3 Å². The summed E-state index contributed by atoms with van der Waals surface area (Å²) in [7, 11) is 0. The molecule has 4 nitrogen and oxygen atoms in total. The summed E-state index contributed by atoms with van der Waals surface area (Å²) in [6, 6.07) is 4.45. The van der Waals surface area contributed by atoms with Crippen LogP contribution in [0, 0.1) is 33.5 Å². The molecular formula is C17H19FN2O2. The maximum Gasteiger partial charge on any atom is 0.253 e. The van der Waals surface area contributed by atoms with Crippen molar-refractivity contribution in [2.24, 2.45) is 0 Å². The van der Waals surface area contributed by atoms with Gasteiger partial charge in [0.05, 0.1) is 0 Å². The third kappa shape index (κ3) is 3.24. The fourth-order valence-electron chi connectivity index (χ4n) is 2.42. The van der Waals surface area contributed by atoms with E-state index >= 15 is 0 Å². The van der Waals surface area contributed by atoms with Gasteiger partial charge in [-0.2, -0.15) is 0 Å². The molecule has 1 aromatic carbocycles. The Hall–Kier alpha value is -2.43. The van der Waals surface area contributed by atoms with Gasteiger partial charge in [-0.25, -0.2) is 4.39 Å². The molecule has 22 heavy (non-hydrogen) atoms. The predicted molar refractivity (Wildman–Crippen MR) is 83.6 cm³/mol. The highest BCUT2D eigenvalue weighted by Crippen LogP contribution is 2.15. The van der Waals surface area contributed by atoms with Crippen molar-refractivity contribution in [3.8, 4) is 0 Å². The second-order valence-electron chi connectivity index (χ2n) is 5.52. The van der Waals surface area contributed by atoms with E-state index in [1.165, 1.54) is 12.1 Å². The molecule has 2 aromatic rings. The Kier molecular flexibility index (Phi) is 4.45. The fourth-order valence-corrected chi connectivity index (χ4v) is 2.42. The van der Waals surface area contributed by atoms with Crippen molar-refractivity contribution < 1.29 is 9.18 Å². The van der Waals surface area contributed by atoms with Crippen molar-refractivity contribution in [1.29, 1.82) is 0 Å². The minimum Gasteiger partial charge on any atom is -0.348 e. The highest BCUT2D eigenvalue weighted by Gasteiger charge is 2.13. The lowest BCUT2D eigenvalue weighted by molar-refractivity contribution is 0.0949. The molecular weight excluding hydrogens is 283 g/mol. The summed E-state index contributed by atoms with van der Waals surface area (Å²) >= 11 is 0. The minimum absolute atomic E-state index is 0.106. The Morgan fingerprint density at radius 3 is 2.45 bits per heavy atom. The molecule has 0 aliphatic heterocycles. The van der Waals surface area contributed by atoms with Crippen LogP contribution in [0.25, 0.3) is 0 Å². The number of H-pyrrole nitrogens is 1. The van der Waals surface area contributed by atoms with Crippen LogP contribution >= 0.6 is 0 Å². The first-order chi connectivity index (χ1) is 10.3. The monoisotopic (exact) mass is 302 g/mol. The van der Waals surface area contributed by atoms with Gasteiger partial charge in [-0.05, 0) is 62.6 Å². The molecule has 0 unspecified atom stereocenters. The van der Waals surface area contributed by atoms with Crippen molar-refractivity contribution >= 4 is 5.91 Å². The Bertz CT molecular complexity index is 794. The van der Waals surface area contributed by atoms with Gasteiger partial charge in [0.25, 0.3) is 11.5 Å². The topological polar surface area (TPSA) is 62.0 Å². The number of hydrogen-bond donors (Lipinski definition) is 2. The molecule has 0 fully saturated rings. The zero-order chi connectivity index (χ0) is 16.4. The molecule has 1 heterocycles. The average molecular weight is 302 g/mol. The minimum atomic E-state index is -0.447. The molecule has 1 amide bonds. The van der Waals surface area contributed by atoms with Crippen molar-refractivity contribution in [1.82, 2.24) is 10.3 Å². The van der Waals surface area contributed by atoms with E-state index in [4.69, 9.17) is 0 Å². The molecule has 116 valence electrons. The maximum absolute atomic E-state index is 13.5. The number of carbonyl (C=O) groups excluding carboxylic acids is 1. The number of amides is 1. The van der Waals surface area contributed by atoms with Crippen LogP contribution in [0.4, 0.5) is 4.39 Å². The summed E-state index contributed by atoms with van der Waals surface area (Å²) in [5, 5.41) is 2.69. The normalized spacial score (nSPS) is 10.6. The number of carbonyl (C=O) groups is 1. The number of nitrogens with one attached hydrogen (secondary N) is 2. The Morgan fingerprint density at radius 1 is 1.14 bits per heavy atom. The summed E-state index contributed by atoms with van der Waals surface area (Å²) in [5.41, 5.74) is 3.61. The maximum atomic E-state index is 13.5. The van der Waals surface area contributed by atoms with E-state index in [9.17, 15) is 14.0 Å². The number of aryl methyl sites for hydroxylation is 3. The van der Waals surface area contributed by atoms with Crippen LogP contribution < -0.4 is 10.9 Å². The third-order valence-corrected chi connectivity index (χ3v) is 3.80. The van der Waals surface area contributed by atoms with Crippen LogP contribution in [0.2, 0.25) is 0 Å². The van der Waals surface area contributed by atoms with Crippen LogP contribution in [-0.4, -0.2) is 10.9 Å². The molecule has 0 spiro atoms. The van der Waals surface area contributed by atoms with E-state index in [1.54, 1.807) is 20.8 Å². The molecule has 0 atom stereocenters. The number of benzene rings is 1. The predicted octanol–water partition coefficient (Wildman–Crippen LogP) is 2.68. The Morgan fingerprint density at radius 2 is 1.82 bits per heavy atom. The zero-order valence-corrected chi connectivity index (χ0v) is 13.1. The molecule has 2 N–H and O–H groups in total. The smallest absolute Gasteiger partial charge is 0.253 e. The molecule has 2 rings (SSSR count). The van der Waals surface area contributed by atoms with Crippen molar-refractivity contribution in [2.45, 2.75) is 34.2 Å². The van der Waals surface area contributed by atoms with Gasteiger partial charge in [0.1, 0.15) is 5.82 Å². The van der Waals surface area contributed by atoms with E-state index in [0.717, 1.165) is 22.4 Å². The van der Waals surface area contributed by atoms with Gasteiger partial charge in [0, 0.05) is 23.4 Å². The van der Waals surface area contributed by atoms with Crippen LogP contribution in [0.3, 0.4) is 0 Å². The zero-order valence-electron chi connectivity index (χ0n) is 13.1. The average Bonchev–Trinajstić information content (AvgIpc) is 2.41. The highest BCUT2D eigenvalue weighted by atomic mass is 19.1. The van der Waals surface area contributed by atoms with Crippen LogP contribution in [0.15, 0.2) is 23.0 Å². The highest BCUT2D eigenvalue weighted by molar-refractivity contribution is 5.95. The van der Waals surface area contributed by atoms with E-state index in [-0.39, 0.29) is 18.0 Å². The first kappa shape index (κ1) is 15.9. The lowest BCUT2D eigenvalue weighted by Crippen LogP contribution is -2.28. The van der Waals surface area contributed by atoms with Gasteiger partial charge in [-0.3, -0.25) is 9.59 Å². The van der Waals surface area contributed by atoms with Crippen LogP contribution in [-0.2, 0) is 6.54 Å². The number of hydrogen-bond acceptors (Lipinski definition) is 2. The van der Waals surface area contributed by atoms with Crippen LogP contribution in [0.1, 0.15) is 38.3 Å². The largest absolute Gasteiger partial charge is 0.348 e. The van der Waals surface area contributed by atoms with E-state index < -0.39 is 5.82 Å². The molecule has 5 heteroatoms. The van der Waals surface area contributed by atoms with Crippen molar-refractivity contribution in [3.05, 3.63) is 67.9 Å². The molecule has 0 saturated heterocycles. The molecule has 1 aromatic heterocycles. The summed E-state index contributed by atoms with van der Waals surface area (Å²) < 4.78 is 13.5. The number of pyridine rings is 1. The second-order valence-corrected chi connectivity index (χ2v) is 5.52. The molecule has 0 radical (unpaired) electrons. The van der Waals surface area contributed by atoms with Gasteiger partial charge in [0.2, 0.25) is 0 Å². The van der Waals surface area contributed by atoms with E-state index in [2.05, 4.69) is 10.3 Å². The first-order valence-corrected chi connectivity index (χ1v) is 7.04. The van der Waals surface area contributed by atoms with E-state index in [0.29, 0.717) is 11.1 Å². The number of rotatable bonds is 3. The SMILES string of the molecule is Cc1cc(C)c(CNC(=O)c2cc(F)cc(C)c2C)c(=O)[nH]1. The lowest BCUT2D eigenvalue weighted by atomic mass is 10.0. The van der Waals surface area contributed by atoms with Gasteiger partial charge in [-0.1, -0.05) is 0 Å². The summed E-state index contributed by atoms with van der Waals surface area (Å²) in [4.78, 5) is 26.9. The molecule has 0 aliphatic carbocycles. The first-order valence-electron chi connectivity index (χ1n) is 7.04. The summed E-state index contributed by atoms with van der Waals surface area (Å²) in [6.45, 7) is 7.25. The summed E-state index contributed by atoms with van der Waals surface area (Å²) in [6.07, 6.45) is 0. The molecule has 0 aliphatic rings. The lowest BCUT2D eigenvalue weighted by Gasteiger charge is -2.11. The summed E-state index contributed by atoms with van der Waals surface area (Å²) in [5.74, 6) is -0.836. The third-order valence-electron chi connectivity index (χ3n) is 3.80. The molecule has 0 saturated carbocycles. The molecule has 0 bridgehead atoms. The Balaban J connectivity index is 2.23. The second kappa shape index (κ2) is 6.13. The van der Waals surface area contributed by atoms with Crippen molar-refractivity contribution in [2.75, 3.05) is 0 Å². The van der Waals surface area contributed by atoms with Crippen molar-refractivity contribution in [3.63, 3.8) is 0 Å². The number of aromatic amines is 1. The van der Waals surface area contributed by atoms with Crippen LogP contribution in [0.5, 0.6) is 0 Å². The fraction of sp³-hybridized carbons (Fsp3) is 0.294. The quantitative estimate of drug-likeness (QED) is 0.915. The van der Waals surface area contributed by atoms with Gasteiger partial charge in [-0.15, -0.1) is 0 Å². The van der Waals surface area contributed by atoms with E-state index in [1.807, 2.05) is 13.0 Å². The number of halogens is 1. The Labute approximate surface area is 128 Å². The number of aromatic nitrogens is 1. The van der Waals surface area contributed by atoms with Gasteiger partial charge >= 0.3 is 0 Å². The van der Waals surface area contributed by atoms with Gasteiger partial charge in [0.15, 0.2) is 0 Å². The standard InChI is InChI=1S/C17H19FN2O2/c1-9-6-13(18)7-14(12(9)4)16(21)19-8-15-10(2)5-11(3)20-17(15)22/h5-7H,8H2,1-4H3,(H,19,21)(H,20,22).